The maximum absolute atomic E-state index is 11.8. The zero-order valence-electron chi connectivity index (χ0n) is 12.8. The maximum atomic E-state index is 11.8. The van der Waals surface area contributed by atoms with Gasteiger partial charge < -0.3 is 5.21 Å². The molecule has 0 spiro atoms. The van der Waals surface area contributed by atoms with E-state index in [0.29, 0.717) is 16.0 Å². The minimum atomic E-state index is 0.0752. The molecule has 0 radical (unpaired) electrons. The number of hydrogen-bond acceptors (Lipinski definition) is 4. The summed E-state index contributed by atoms with van der Waals surface area (Å²) >= 11 is 0. The Morgan fingerprint density at radius 2 is 1.04 bits per heavy atom. The predicted molar refractivity (Wildman–Crippen MR) is 91.0 cm³/mol. The molecule has 0 aliphatic heterocycles. The van der Waals surface area contributed by atoms with Gasteiger partial charge in [-0.1, -0.05) is 72.8 Å². The molecular formula is C19H15N3O2. The van der Waals surface area contributed by atoms with Crippen LogP contribution in [0.1, 0.15) is 15.9 Å². The molecule has 0 bridgehead atoms. The van der Waals surface area contributed by atoms with Crippen LogP contribution in [-0.4, -0.2) is 26.1 Å². The SMILES string of the molecule is O=C(c1ccccc1)c1ccccc1.On1nc2ccccc2n1. The van der Waals surface area contributed by atoms with Crippen molar-refractivity contribution in [2.24, 2.45) is 0 Å². The third-order valence-electron chi connectivity index (χ3n) is 3.35. The van der Waals surface area contributed by atoms with E-state index in [1.54, 1.807) is 12.1 Å². The molecule has 0 aliphatic carbocycles. The maximum Gasteiger partial charge on any atom is 0.193 e. The van der Waals surface area contributed by atoms with Gasteiger partial charge in [0.2, 0.25) is 0 Å². The van der Waals surface area contributed by atoms with Crippen LogP contribution in [0, 0.1) is 0 Å². The Labute approximate surface area is 138 Å². The third kappa shape index (κ3) is 3.64. The second kappa shape index (κ2) is 7.19. The van der Waals surface area contributed by atoms with Gasteiger partial charge in [0.25, 0.3) is 0 Å². The van der Waals surface area contributed by atoms with E-state index < -0.39 is 0 Å². The lowest BCUT2D eigenvalue weighted by molar-refractivity contribution is 0.103. The molecule has 24 heavy (non-hydrogen) atoms. The molecule has 1 N–H and O–H groups in total. The van der Waals surface area contributed by atoms with Gasteiger partial charge in [0.15, 0.2) is 5.78 Å². The second-order valence-electron chi connectivity index (χ2n) is 5.02. The minimum absolute atomic E-state index is 0.0752. The summed E-state index contributed by atoms with van der Waals surface area (Å²) in [5, 5.41) is 16.1. The standard InChI is InChI=1S/C13H10O.C6H5N3O/c14-13(11-7-3-1-4-8-11)12-9-5-2-6-10-12;10-9-7-5-3-1-2-4-6(5)8-9/h1-10H;1-4,10H. The van der Waals surface area contributed by atoms with Gasteiger partial charge in [0.05, 0.1) is 0 Å². The van der Waals surface area contributed by atoms with Crippen LogP contribution in [0.4, 0.5) is 0 Å². The van der Waals surface area contributed by atoms with E-state index in [4.69, 9.17) is 5.21 Å². The Bertz CT molecular complexity index is 860. The highest BCUT2D eigenvalue weighted by molar-refractivity contribution is 6.08. The fraction of sp³-hybridized carbons (Fsp3) is 0. The Balaban J connectivity index is 0.000000149. The van der Waals surface area contributed by atoms with Gasteiger partial charge in [0, 0.05) is 11.1 Å². The van der Waals surface area contributed by atoms with E-state index in [2.05, 4.69) is 10.2 Å². The van der Waals surface area contributed by atoms with Crippen LogP contribution >= 0.6 is 0 Å². The molecule has 0 saturated heterocycles. The number of aromatic nitrogens is 3. The van der Waals surface area contributed by atoms with Gasteiger partial charge in [-0.25, -0.2) is 0 Å². The summed E-state index contributed by atoms with van der Waals surface area (Å²) in [5.41, 5.74) is 2.87. The molecule has 1 heterocycles. The lowest BCUT2D eigenvalue weighted by atomic mass is 10.0. The zero-order valence-corrected chi connectivity index (χ0v) is 12.8. The first-order chi connectivity index (χ1) is 11.7. The first-order valence-corrected chi connectivity index (χ1v) is 7.40. The first-order valence-electron chi connectivity index (χ1n) is 7.40. The van der Waals surface area contributed by atoms with Crippen molar-refractivity contribution in [2.75, 3.05) is 0 Å². The monoisotopic (exact) mass is 317 g/mol. The van der Waals surface area contributed by atoms with Crippen molar-refractivity contribution in [3.8, 4) is 0 Å². The van der Waals surface area contributed by atoms with Crippen molar-refractivity contribution in [3.63, 3.8) is 0 Å². The average molecular weight is 317 g/mol. The number of ketones is 1. The topological polar surface area (TPSA) is 68.0 Å². The summed E-state index contributed by atoms with van der Waals surface area (Å²) in [6.45, 7) is 0. The summed E-state index contributed by atoms with van der Waals surface area (Å²) in [5.74, 6) is 0.0752. The zero-order chi connectivity index (χ0) is 16.8. The van der Waals surface area contributed by atoms with E-state index in [0.717, 1.165) is 11.1 Å². The summed E-state index contributed by atoms with van der Waals surface area (Å²) < 4.78 is 0. The van der Waals surface area contributed by atoms with Crippen LogP contribution in [0.2, 0.25) is 0 Å². The molecule has 3 aromatic carbocycles. The molecule has 0 fully saturated rings. The summed E-state index contributed by atoms with van der Waals surface area (Å²) in [4.78, 5) is 12.4. The van der Waals surface area contributed by atoms with Gasteiger partial charge in [0.1, 0.15) is 11.0 Å². The van der Waals surface area contributed by atoms with Crippen molar-refractivity contribution in [1.29, 1.82) is 0 Å². The minimum Gasteiger partial charge on any atom is -0.396 e. The molecule has 0 unspecified atom stereocenters. The Hall–Kier alpha value is -3.47. The quantitative estimate of drug-likeness (QED) is 0.453. The summed E-state index contributed by atoms with van der Waals surface area (Å²) in [6, 6.07) is 25.9. The predicted octanol–water partition coefficient (Wildman–Crippen LogP) is 3.59. The van der Waals surface area contributed by atoms with Crippen LogP contribution in [0.15, 0.2) is 84.9 Å². The van der Waals surface area contributed by atoms with Crippen molar-refractivity contribution in [1.82, 2.24) is 15.2 Å². The van der Waals surface area contributed by atoms with Crippen LogP contribution in [0.3, 0.4) is 0 Å². The molecule has 4 rings (SSSR count). The lowest BCUT2D eigenvalue weighted by Crippen LogP contribution is -1.99. The van der Waals surface area contributed by atoms with Gasteiger partial charge in [-0.3, -0.25) is 4.79 Å². The Morgan fingerprint density at radius 3 is 1.46 bits per heavy atom. The van der Waals surface area contributed by atoms with Gasteiger partial charge in [-0.15, -0.1) is 10.2 Å². The van der Waals surface area contributed by atoms with E-state index in [1.165, 1.54) is 0 Å². The second-order valence-corrected chi connectivity index (χ2v) is 5.02. The van der Waals surface area contributed by atoms with Crippen LogP contribution in [-0.2, 0) is 0 Å². The molecule has 0 atom stereocenters. The van der Waals surface area contributed by atoms with Gasteiger partial charge >= 0.3 is 0 Å². The normalized spacial score (nSPS) is 10.0. The van der Waals surface area contributed by atoms with Crippen LogP contribution < -0.4 is 0 Å². The van der Waals surface area contributed by atoms with E-state index in [-0.39, 0.29) is 5.78 Å². The largest absolute Gasteiger partial charge is 0.396 e. The van der Waals surface area contributed by atoms with Crippen LogP contribution in [0.5, 0.6) is 0 Å². The van der Waals surface area contributed by atoms with Crippen molar-refractivity contribution >= 4 is 16.8 Å². The van der Waals surface area contributed by atoms with Crippen molar-refractivity contribution in [2.45, 2.75) is 0 Å². The highest BCUT2D eigenvalue weighted by Crippen LogP contribution is 2.08. The fourth-order valence-corrected chi connectivity index (χ4v) is 2.19. The van der Waals surface area contributed by atoms with E-state index in [9.17, 15) is 4.79 Å². The number of hydrogen-bond donors (Lipinski definition) is 1. The highest BCUT2D eigenvalue weighted by Gasteiger charge is 2.06. The number of carbonyl (C=O) groups excluding carboxylic acids is 1. The smallest absolute Gasteiger partial charge is 0.193 e. The Kier molecular flexibility index (Phi) is 4.62. The molecule has 0 amide bonds. The van der Waals surface area contributed by atoms with E-state index in [1.807, 2.05) is 72.8 Å². The van der Waals surface area contributed by atoms with Gasteiger partial charge in [-0.05, 0) is 17.1 Å². The molecular weight excluding hydrogens is 302 g/mol. The number of carbonyl (C=O) groups is 1. The summed E-state index contributed by atoms with van der Waals surface area (Å²) in [6.07, 6.45) is 0. The lowest BCUT2D eigenvalue weighted by Gasteiger charge is -1.99. The summed E-state index contributed by atoms with van der Waals surface area (Å²) in [7, 11) is 0. The number of benzene rings is 3. The number of fused-ring (bicyclic) bond motifs is 1. The fourth-order valence-electron chi connectivity index (χ4n) is 2.19. The molecule has 0 saturated carbocycles. The van der Waals surface area contributed by atoms with Crippen LogP contribution in [0.25, 0.3) is 11.0 Å². The van der Waals surface area contributed by atoms with E-state index >= 15 is 0 Å². The average Bonchev–Trinajstić information content (AvgIpc) is 3.03. The number of rotatable bonds is 2. The number of nitrogens with zero attached hydrogens (tertiary/aromatic N) is 3. The molecule has 5 heteroatoms. The first kappa shape index (κ1) is 15.4. The molecule has 118 valence electrons. The third-order valence-corrected chi connectivity index (χ3v) is 3.35. The molecule has 5 nitrogen and oxygen atoms in total. The van der Waals surface area contributed by atoms with Crippen molar-refractivity contribution < 1.29 is 10.0 Å². The van der Waals surface area contributed by atoms with Crippen molar-refractivity contribution in [3.05, 3.63) is 96.1 Å². The highest BCUT2D eigenvalue weighted by atomic mass is 16.5. The molecule has 1 aromatic heterocycles. The Morgan fingerprint density at radius 1 is 0.667 bits per heavy atom. The van der Waals surface area contributed by atoms with Gasteiger partial charge in [-0.2, -0.15) is 0 Å². The molecule has 4 aromatic rings. The molecule has 0 aliphatic rings.